The molecule has 3 atom stereocenters. The van der Waals surface area contributed by atoms with Crippen molar-refractivity contribution in [3.05, 3.63) is 71.8 Å². The lowest BCUT2D eigenvalue weighted by molar-refractivity contribution is -0.122. The summed E-state index contributed by atoms with van der Waals surface area (Å²) >= 11 is 0. The van der Waals surface area contributed by atoms with E-state index in [9.17, 15) is 9.90 Å². The number of benzene rings is 2. The van der Waals surface area contributed by atoms with E-state index in [2.05, 4.69) is 25.0 Å². The third-order valence-electron chi connectivity index (χ3n) is 4.72. The average Bonchev–Trinajstić information content (AvgIpc) is 2.59. The van der Waals surface area contributed by atoms with Gasteiger partial charge < -0.3 is 10.4 Å². The van der Waals surface area contributed by atoms with Crippen LogP contribution in [-0.2, 0) is 4.79 Å². The fourth-order valence-corrected chi connectivity index (χ4v) is 5.04. The van der Waals surface area contributed by atoms with Gasteiger partial charge in [-0.3, -0.25) is 4.79 Å². The van der Waals surface area contributed by atoms with Crippen molar-refractivity contribution in [1.29, 1.82) is 0 Å². The van der Waals surface area contributed by atoms with Gasteiger partial charge in [-0.1, -0.05) is 80.3 Å². The minimum Gasteiger partial charge on any atom is -0.388 e. The van der Waals surface area contributed by atoms with Crippen LogP contribution in [0.2, 0.25) is 25.2 Å². The number of hydrogen-bond acceptors (Lipinski definition) is 2. The zero-order valence-corrected chi connectivity index (χ0v) is 16.6. The van der Waals surface area contributed by atoms with Gasteiger partial charge in [-0.2, -0.15) is 0 Å². The fraction of sp³-hybridized carbons (Fsp3) is 0.381. The smallest absolute Gasteiger partial charge is 0.220 e. The quantitative estimate of drug-likeness (QED) is 0.708. The lowest BCUT2D eigenvalue weighted by Gasteiger charge is -2.33. The first-order chi connectivity index (χ1) is 11.8. The Morgan fingerprint density at radius 1 is 0.960 bits per heavy atom. The van der Waals surface area contributed by atoms with Gasteiger partial charge in [0.25, 0.3) is 0 Å². The largest absolute Gasteiger partial charge is 0.388 e. The molecule has 0 saturated heterocycles. The molecular formula is C21H29NO2Si. The van der Waals surface area contributed by atoms with E-state index < -0.39 is 14.2 Å². The van der Waals surface area contributed by atoms with E-state index in [1.54, 1.807) is 0 Å². The molecule has 2 aromatic carbocycles. The Morgan fingerprint density at radius 3 is 1.92 bits per heavy atom. The summed E-state index contributed by atoms with van der Waals surface area (Å²) in [5.74, 6) is -0.00115. The monoisotopic (exact) mass is 355 g/mol. The molecule has 0 spiro atoms. The molecule has 0 radical (unpaired) electrons. The van der Waals surface area contributed by atoms with Crippen LogP contribution in [0.3, 0.4) is 0 Å². The molecule has 2 N–H and O–H groups in total. The Hall–Kier alpha value is -1.91. The number of carbonyl (C=O) groups excluding carboxylic acids is 1. The maximum atomic E-state index is 12.6. The summed E-state index contributed by atoms with van der Waals surface area (Å²) in [4.78, 5) is 12.6. The highest BCUT2D eigenvalue weighted by atomic mass is 28.3. The van der Waals surface area contributed by atoms with Gasteiger partial charge >= 0.3 is 0 Å². The molecule has 0 fully saturated rings. The molecule has 3 nitrogen and oxygen atoms in total. The summed E-state index contributed by atoms with van der Waals surface area (Å²) in [5.41, 5.74) is 1.95. The van der Waals surface area contributed by atoms with Crippen LogP contribution in [0.4, 0.5) is 0 Å². The fourth-order valence-electron chi connectivity index (χ4n) is 3.10. The van der Waals surface area contributed by atoms with E-state index in [4.69, 9.17) is 0 Å². The lowest BCUT2D eigenvalue weighted by Crippen LogP contribution is -2.37. The van der Waals surface area contributed by atoms with E-state index in [0.717, 1.165) is 11.1 Å². The summed E-state index contributed by atoms with van der Waals surface area (Å²) < 4.78 is 0. The standard InChI is InChI=1S/C21H29NO2Si/c1-16(17-11-7-5-8-12-17)22-20(23)15-19(25(2,3)4)21(24)18-13-9-6-10-14-18/h5-14,16,19,21,24H,15H2,1-4H3,(H,22,23)/t16-,19+,21-/m0/s1. The van der Waals surface area contributed by atoms with Gasteiger partial charge in [0, 0.05) is 6.42 Å². The molecule has 2 rings (SSSR count). The molecule has 0 aliphatic carbocycles. The van der Waals surface area contributed by atoms with Crippen LogP contribution in [-0.4, -0.2) is 19.1 Å². The molecule has 0 unspecified atom stereocenters. The number of carbonyl (C=O) groups is 1. The van der Waals surface area contributed by atoms with Crippen molar-refractivity contribution in [3.63, 3.8) is 0 Å². The zero-order chi connectivity index (χ0) is 18.4. The summed E-state index contributed by atoms with van der Waals surface area (Å²) in [5, 5.41) is 13.9. The number of nitrogens with one attached hydrogen (secondary N) is 1. The van der Waals surface area contributed by atoms with Crippen molar-refractivity contribution in [2.75, 3.05) is 0 Å². The predicted octanol–water partition coefficient (Wildman–Crippen LogP) is 4.70. The molecule has 0 aliphatic rings. The van der Waals surface area contributed by atoms with Crippen LogP contribution < -0.4 is 5.32 Å². The Labute approximate surface area is 152 Å². The van der Waals surface area contributed by atoms with Crippen LogP contribution in [0.1, 0.15) is 36.6 Å². The molecule has 0 bridgehead atoms. The van der Waals surface area contributed by atoms with Crippen molar-refractivity contribution < 1.29 is 9.90 Å². The molecule has 0 aromatic heterocycles. The van der Waals surface area contributed by atoms with Crippen LogP contribution in [0, 0.1) is 0 Å². The number of aliphatic hydroxyl groups excluding tert-OH is 1. The maximum absolute atomic E-state index is 12.6. The molecule has 0 aliphatic heterocycles. The molecule has 1 amide bonds. The van der Waals surface area contributed by atoms with E-state index in [1.165, 1.54) is 0 Å². The first-order valence-electron chi connectivity index (χ1n) is 8.86. The number of hydrogen-bond donors (Lipinski definition) is 2. The summed E-state index contributed by atoms with van der Waals surface area (Å²) in [6.07, 6.45) is -0.256. The number of amides is 1. The Morgan fingerprint density at radius 2 is 1.44 bits per heavy atom. The molecule has 134 valence electrons. The summed E-state index contributed by atoms with van der Waals surface area (Å²) in [6.45, 7) is 8.61. The highest BCUT2D eigenvalue weighted by Gasteiger charge is 2.35. The normalized spacial score (nSPS) is 15.2. The average molecular weight is 356 g/mol. The maximum Gasteiger partial charge on any atom is 0.220 e. The van der Waals surface area contributed by atoms with Gasteiger partial charge in [-0.25, -0.2) is 0 Å². The third kappa shape index (κ3) is 5.55. The van der Waals surface area contributed by atoms with Gasteiger partial charge in [0.2, 0.25) is 5.91 Å². The van der Waals surface area contributed by atoms with Crippen molar-refractivity contribution in [1.82, 2.24) is 5.32 Å². The summed E-state index contributed by atoms with van der Waals surface area (Å²) in [7, 11) is -1.74. The minimum atomic E-state index is -1.74. The van der Waals surface area contributed by atoms with Crippen molar-refractivity contribution in [2.45, 2.75) is 50.7 Å². The van der Waals surface area contributed by atoms with E-state index in [-0.39, 0.29) is 17.5 Å². The second-order valence-electron chi connectivity index (χ2n) is 7.73. The first-order valence-corrected chi connectivity index (χ1v) is 12.4. The highest BCUT2D eigenvalue weighted by Crippen LogP contribution is 2.38. The number of aliphatic hydroxyl groups is 1. The number of rotatable bonds is 7. The second-order valence-corrected chi connectivity index (χ2v) is 13.2. The second kappa shape index (κ2) is 8.45. The Kier molecular flexibility index (Phi) is 6.56. The lowest BCUT2D eigenvalue weighted by atomic mass is 10.0. The van der Waals surface area contributed by atoms with E-state index in [1.807, 2.05) is 67.6 Å². The van der Waals surface area contributed by atoms with Gasteiger partial charge in [0.05, 0.1) is 20.2 Å². The minimum absolute atomic E-state index is 0.00115. The highest BCUT2D eigenvalue weighted by molar-refractivity contribution is 6.77. The summed E-state index contributed by atoms with van der Waals surface area (Å²) in [6, 6.07) is 19.6. The van der Waals surface area contributed by atoms with Crippen LogP contribution in [0.5, 0.6) is 0 Å². The van der Waals surface area contributed by atoms with E-state index >= 15 is 0 Å². The van der Waals surface area contributed by atoms with Crippen LogP contribution in [0.15, 0.2) is 60.7 Å². The van der Waals surface area contributed by atoms with Crippen LogP contribution in [0.25, 0.3) is 0 Å². The Balaban J connectivity index is 2.08. The molecule has 4 heteroatoms. The topological polar surface area (TPSA) is 49.3 Å². The molecular weight excluding hydrogens is 326 g/mol. The molecule has 2 aromatic rings. The van der Waals surface area contributed by atoms with Crippen molar-refractivity contribution in [3.8, 4) is 0 Å². The van der Waals surface area contributed by atoms with E-state index in [0.29, 0.717) is 6.42 Å². The molecule has 0 heterocycles. The first kappa shape index (κ1) is 19.4. The predicted molar refractivity (Wildman–Crippen MR) is 106 cm³/mol. The van der Waals surface area contributed by atoms with Gasteiger partial charge in [-0.15, -0.1) is 0 Å². The van der Waals surface area contributed by atoms with Crippen molar-refractivity contribution in [2.24, 2.45) is 0 Å². The third-order valence-corrected chi connectivity index (χ3v) is 7.46. The van der Waals surface area contributed by atoms with Gasteiger partial charge in [-0.05, 0) is 23.6 Å². The molecule has 25 heavy (non-hydrogen) atoms. The van der Waals surface area contributed by atoms with Crippen molar-refractivity contribution >= 4 is 14.0 Å². The SMILES string of the molecule is C[C@H](NC(=O)C[C@H]([C@@H](O)c1ccccc1)[Si](C)(C)C)c1ccccc1. The van der Waals surface area contributed by atoms with Gasteiger partial charge in [0.15, 0.2) is 0 Å². The van der Waals surface area contributed by atoms with Gasteiger partial charge in [0.1, 0.15) is 0 Å². The zero-order valence-electron chi connectivity index (χ0n) is 15.6. The van der Waals surface area contributed by atoms with Crippen LogP contribution >= 0.6 is 0 Å². The molecule has 0 saturated carbocycles. The Bertz CT molecular complexity index is 667.